The van der Waals surface area contributed by atoms with Gasteiger partial charge in [-0.3, -0.25) is 9.69 Å². The Labute approximate surface area is 210 Å². The van der Waals surface area contributed by atoms with E-state index in [-0.39, 0.29) is 24.5 Å². The fraction of sp³-hybridized carbons (Fsp3) is 0.552. The van der Waals surface area contributed by atoms with Crippen LogP contribution < -0.4 is 15.0 Å². The SMILES string of the molecule is Cc1cc(N(C)C(=O)[C@H]2CC[C@H](Oc3cc(CO)ccc3C)CC2)ccc1CN1CCN[C@@H](C)C1. The van der Waals surface area contributed by atoms with Crippen LogP contribution in [-0.4, -0.2) is 54.7 Å². The summed E-state index contributed by atoms with van der Waals surface area (Å²) in [5.74, 6) is 1.08. The first-order valence-corrected chi connectivity index (χ1v) is 13.0. The molecule has 1 aliphatic carbocycles. The minimum absolute atomic E-state index is 0.0135. The predicted molar refractivity (Wildman–Crippen MR) is 141 cm³/mol. The van der Waals surface area contributed by atoms with E-state index >= 15 is 0 Å². The second-order valence-electron chi connectivity index (χ2n) is 10.4. The van der Waals surface area contributed by atoms with Gasteiger partial charge in [-0.2, -0.15) is 0 Å². The van der Waals surface area contributed by atoms with Crippen molar-refractivity contribution in [2.45, 2.75) is 71.8 Å². The van der Waals surface area contributed by atoms with Crippen LogP contribution in [0, 0.1) is 19.8 Å². The first-order chi connectivity index (χ1) is 16.8. The number of ether oxygens (including phenoxy) is 1. The monoisotopic (exact) mass is 479 g/mol. The number of anilines is 1. The van der Waals surface area contributed by atoms with E-state index in [0.29, 0.717) is 6.04 Å². The van der Waals surface area contributed by atoms with E-state index in [1.54, 1.807) is 0 Å². The van der Waals surface area contributed by atoms with Crippen molar-refractivity contribution in [2.24, 2.45) is 5.92 Å². The molecule has 0 spiro atoms. The fourth-order valence-electron chi connectivity index (χ4n) is 5.34. The molecule has 1 saturated heterocycles. The predicted octanol–water partition coefficient (Wildman–Crippen LogP) is 4.19. The average Bonchev–Trinajstić information content (AvgIpc) is 2.86. The molecular weight excluding hydrogens is 438 g/mol. The number of aliphatic hydroxyl groups excluding tert-OH is 1. The molecule has 0 aromatic heterocycles. The second-order valence-corrected chi connectivity index (χ2v) is 10.4. The van der Waals surface area contributed by atoms with Crippen LogP contribution in [0.5, 0.6) is 5.75 Å². The standard InChI is InChI=1S/C29H41N3O3/c1-20-5-6-23(19-33)16-28(20)35-27-11-8-24(9-12-27)29(34)31(4)26-10-7-25(21(2)15-26)18-32-14-13-30-22(3)17-32/h5-7,10,15-16,22,24,27,30,33H,8-9,11-14,17-19H2,1-4H3/t22-,24-,27-/m0/s1. The zero-order valence-corrected chi connectivity index (χ0v) is 21.7. The zero-order chi connectivity index (χ0) is 24.9. The number of hydrogen-bond acceptors (Lipinski definition) is 5. The van der Waals surface area contributed by atoms with E-state index in [1.807, 2.05) is 37.1 Å². The lowest BCUT2D eigenvalue weighted by Crippen LogP contribution is -2.48. The van der Waals surface area contributed by atoms with E-state index in [1.165, 1.54) is 11.1 Å². The van der Waals surface area contributed by atoms with E-state index < -0.39 is 0 Å². The Morgan fingerprint density at radius 1 is 1.11 bits per heavy atom. The van der Waals surface area contributed by atoms with Gasteiger partial charge >= 0.3 is 0 Å². The molecule has 1 heterocycles. The molecule has 1 amide bonds. The van der Waals surface area contributed by atoms with Crippen LogP contribution in [0.4, 0.5) is 5.69 Å². The van der Waals surface area contributed by atoms with E-state index in [9.17, 15) is 9.90 Å². The van der Waals surface area contributed by atoms with Crippen molar-refractivity contribution in [3.63, 3.8) is 0 Å². The highest BCUT2D eigenvalue weighted by atomic mass is 16.5. The number of hydrogen-bond donors (Lipinski definition) is 2. The van der Waals surface area contributed by atoms with E-state index in [2.05, 4.69) is 42.3 Å². The molecule has 2 aliphatic rings. The van der Waals surface area contributed by atoms with Gasteiger partial charge in [0, 0.05) is 50.9 Å². The van der Waals surface area contributed by atoms with Crippen LogP contribution in [-0.2, 0) is 17.9 Å². The third-order valence-corrected chi connectivity index (χ3v) is 7.64. The van der Waals surface area contributed by atoms with Crippen molar-refractivity contribution < 1.29 is 14.6 Å². The van der Waals surface area contributed by atoms with Crippen molar-refractivity contribution in [3.8, 4) is 5.75 Å². The van der Waals surface area contributed by atoms with Gasteiger partial charge < -0.3 is 20.1 Å². The maximum Gasteiger partial charge on any atom is 0.229 e. The first-order valence-electron chi connectivity index (χ1n) is 13.0. The summed E-state index contributed by atoms with van der Waals surface area (Å²) in [6.07, 6.45) is 3.53. The molecule has 1 aliphatic heterocycles. The van der Waals surface area contributed by atoms with Crippen LogP contribution in [0.15, 0.2) is 36.4 Å². The Balaban J connectivity index is 1.31. The summed E-state index contributed by atoms with van der Waals surface area (Å²) >= 11 is 0. The molecule has 0 radical (unpaired) electrons. The number of piperazine rings is 1. The topological polar surface area (TPSA) is 65.0 Å². The molecular formula is C29H41N3O3. The molecule has 35 heavy (non-hydrogen) atoms. The molecule has 1 saturated carbocycles. The number of nitrogens with zero attached hydrogens (tertiary/aromatic N) is 2. The van der Waals surface area contributed by atoms with E-state index in [4.69, 9.17) is 4.74 Å². The minimum Gasteiger partial charge on any atom is -0.490 e. The summed E-state index contributed by atoms with van der Waals surface area (Å²) < 4.78 is 6.26. The summed E-state index contributed by atoms with van der Waals surface area (Å²) in [6, 6.07) is 12.8. The number of carbonyl (C=O) groups excluding carboxylic acids is 1. The lowest BCUT2D eigenvalue weighted by molar-refractivity contribution is -0.123. The molecule has 2 fully saturated rings. The number of carbonyl (C=O) groups is 1. The first kappa shape index (κ1) is 25.7. The molecule has 6 heteroatoms. The third-order valence-electron chi connectivity index (χ3n) is 7.64. The Bertz CT molecular complexity index is 1020. The highest BCUT2D eigenvalue weighted by Gasteiger charge is 2.30. The van der Waals surface area contributed by atoms with Crippen molar-refractivity contribution in [1.82, 2.24) is 10.2 Å². The summed E-state index contributed by atoms with van der Waals surface area (Å²) in [5, 5.41) is 12.9. The fourth-order valence-corrected chi connectivity index (χ4v) is 5.34. The highest BCUT2D eigenvalue weighted by Crippen LogP contribution is 2.32. The summed E-state index contributed by atoms with van der Waals surface area (Å²) in [4.78, 5) is 17.6. The van der Waals surface area contributed by atoms with Crippen molar-refractivity contribution >= 4 is 11.6 Å². The third kappa shape index (κ3) is 6.43. The molecule has 0 unspecified atom stereocenters. The summed E-state index contributed by atoms with van der Waals surface area (Å²) in [5.41, 5.74) is 5.48. The van der Waals surface area contributed by atoms with Crippen molar-refractivity contribution in [2.75, 3.05) is 31.6 Å². The van der Waals surface area contributed by atoms with Gasteiger partial charge in [-0.05, 0) is 86.9 Å². The van der Waals surface area contributed by atoms with Gasteiger partial charge in [0.25, 0.3) is 0 Å². The quantitative estimate of drug-likeness (QED) is 0.624. The van der Waals surface area contributed by atoms with Crippen LogP contribution in [0.3, 0.4) is 0 Å². The lowest BCUT2D eigenvalue weighted by atomic mass is 9.86. The Morgan fingerprint density at radius 3 is 2.57 bits per heavy atom. The van der Waals surface area contributed by atoms with Crippen molar-refractivity contribution in [3.05, 3.63) is 58.7 Å². The van der Waals surface area contributed by atoms with Crippen LogP contribution in [0.1, 0.15) is 54.9 Å². The van der Waals surface area contributed by atoms with Gasteiger partial charge in [-0.25, -0.2) is 0 Å². The van der Waals surface area contributed by atoms with Gasteiger partial charge in [0.2, 0.25) is 5.91 Å². The molecule has 1 atom stereocenters. The van der Waals surface area contributed by atoms with Gasteiger partial charge in [0.15, 0.2) is 0 Å². The molecule has 0 bridgehead atoms. The molecule has 6 nitrogen and oxygen atoms in total. The normalized spacial score (nSPS) is 23.2. The minimum atomic E-state index is 0.0135. The number of aliphatic hydroxyl groups is 1. The summed E-state index contributed by atoms with van der Waals surface area (Å²) in [7, 11) is 1.90. The summed E-state index contributed by atoms with van der Waals surface area (Å²) in [6.45, 7) is 10.6. The van der Waals surface area contributed by atoms with Gasteiger partial charge in [-0.15, -0.1) is 0 Å². The maximum absolute atomic E-state index is 13.3. The Kier molecular flexibility index (Phi) is 8.47. The largest absolute Gasteiger partial charge is 0.490 e. The molecule has 2 N–H and O–H groups in total. The average molecular weight is 480 g/mol. The van der Waals surface area contributed by atoms with Crippen molar-refractivity contribution in [1.29, 1.82) is 0 Å². The molecule has 4 rings (SSSR count). The molecule has 190 valence electrons. The Hall–Kier alpha value is -2.41. The highest BCUT2D eigenvalue weighted by molar-refractivity contribution is 5.94. The number of amides is 1. The van der Waals surface area contributed by atoms with E-state index in [0.717, 1.165) is 74.4 Å². The van der Waals surface area contributed by atoms with Gasteiger partial charge in [-0.1, -0.05) is 18.2 Å². The van der Waals surface area contributed by atoms with Crippen LogP contribution in [0.2, 0.25) is 0 Å². The Morgan fingerprint density at radius 2 is 1.89 bits per heavy atom. The molecule has 2 aromatic rings. The molecule has 2 aromatic carbocycles. The van der Waals surface area contributed by atoms with Crippen LogP contribution >= 0.6 is 0 Å². The van der Waals surface area contributed by atoms with Gasteiger partial charge in [0.1, 0.15) is 5.75 Å². The number of rotatable bonds is 7. The number of aryl methyl sites for hydroxylation is 2. The zero-order valence-electron chi connectivity index (χ0n) is 21.7. The van der Waals surface area contributed by atoms with Crippen LogP contribution in [0.25, 0.3) is 0 Å². The van der Waals surface area contributed by atoms with Gasteiger partial charge in [0.05, 0.1) is 12.7 Å². The lowest BCUT2D eigenvalue weighted by Gasteiger charge is -2.33. The smallest absolute Gasteiger partial charge is 0.229 e. The second kappa shape index (κ2) is 11.5. The maximum atomic E-state index is 13.3. The number of nitrogens with one attached hydrogen (secondary N) is 1. The number of benzene rings is 2.